The number of hydrogen-bond donors (Lipinski definition) is 2. The summed E-state index contributed by atoms with van der Waals surface area (Å²) in [6, 6.07) is 22.8. The van der Waals surface area contributed by atoms with Crippen molar-refractivity contribution in [2.24, 2.45) is 0 Å². The SMILES string of the molecule is Cc1c(-c2ccc(N)cc2)ccc(N)c1C(=O)/C=C/c1ccc(OC(=O)c2ccc(OCCCC(F)(F)C(F)(F)F)cc2)cc1. The van der Waals surface area contributed by atoms with Crippen LogP contribution < -0.4 is 20.9 Å². The Hall–Kier alpha value is -5.19. The summed E-state index contributed by atoms with van der Waals surface area (Å²) < 4.78 is 73.2. The van der Waals surface area contributed by atoms with E-state index in [-0.39, 0.29) is 29.5 Å². The standard InChI is InChI=1S/C34H29F5N2O4/c1-21-28(23-6-10-25(40)11-7-23)16-17-29(41)31(21)30(42)18-5-22-3-12-27(13-4-22)45-32(43)24-8-14-26(15-9-24)44-20-2-19-33(35,36)34(37,38)39/h3-18H,2,19-20,40-41H2,1H3/b18-5+. The monoisotopic (exact) mass is 624 g/mol. The number of allylic oxidation sites excluding steroid dienone is 1. The second kappa shape index (κ2) is 13.6. The lowest BCUT2D eigenvalue weighted by Gasteiger charge is -2.19. The largest absolute Gasteiger partial charge is 0.494 e. The Morgan fingerprint density at radius 3 is 2.04 bits per heavy atom. The van der Waals surface area contributed by atoms with Gasteiger partial charge in [-0.1, -0.05) is 36.4 Å². The fourth-order valence-electron chi connectivity index (χ4n) is 4.42. The number of benzene rings is 4. The number of carbonyl (C=O) groups excluding carboxylic acids is 2. The summed E-state index contributed by atoms with van der Waals surface area (Å²) in [4.78, 5) is 25.6. The van der Waals surface area contributed by atoms with Gasteiger partial charge in [0.25, 0.3) is 0 Å². The van der Waals surface area contributed by atoms with Crippen LogP contribution in [-0.4, -0.2) is 30.5 Å². The maximum absolute atomic E-state index is 13.1. The number of alkyl halides is 5. The Morgan fingerprint density at radius 1 is 0.800 bits per heavy atom. The van der Waals surface area contributed by atoms with Gasteiger partial charge in [0.05, 0.1) is 12.2 Å². The molecule has 0 fully saturated rings. The zero-order valence-corrected chi connectivity index (χ0v) is 24.0. The van der Waals surface area contributed by atoms with Crippen molar-refractivity contribution in [3.05, 3.63) is 113 Å². The van der Waals surface area contributed by atoms with Gasteiger partial charge in [-0.05, 0) is 96.3 Å². The van der Waals surface area contributed by atoms with Gasteiger partial charge in [-0.2, -0.15) is 22.0 Å². The average molecular weight is 625 g/mol. The fraction of sp³-hybridized carbons (Fsp3) is 0.176. The van der Waals surface area contributed by atoms with Crippen LogP contribution in [0.2, 0.25) is 0 Å². The molecule has 0 spiro atoms. The zero-order chi connectivity index (χ0) is 32.8. The van der Waals surface area contributed by atoms with Crippen molar-refractivity contribution >= 4 is 29.2 Å². The molecule has 11 heteroatoms. The van der Waals surface area contributed by atoms with E-state index in [0.29, 0.717) is 22.5 Å². The average Bonchev–Trinajstić information content (AvgIpc) is 2.99. The molecule has 0 atom stereocenters. The van der Waals surface area contributed by atoms with Crippen molar-refractivity contribution in [2.45, 2.75) is 31.9 Å². The Bertz CT molecular complexity index is 1680. The number of nitrogens with two attached hydrogens (primary N) is 2. The van der Waals surface area contributed by atoms with Gasteiger partial charge in [-0.3, -0.25) is 4.79 Å². The molecule has 6 nitrogen and oxygen atoms in total. The number of nitrogen functional groups attached to an aromatic ring is 2. The minimum absolute atomic E-state index is 0.162. The Kier molecular flexibility index (Phi) is 9.91. The molecule has 4 N–H and O–H groups in total. The quantitative estimate of drug-likeness (QED) is 0.0331. The highest BCUT2D eigenvalue weighted by molar-refractivity contribution is 6.12. The van der Waals surface area contributed by atoms with Gasteiger partial charge < -0.3 is 20.9 Å². The molecule has 0 aliphatic carbocycles. The number of anilines is 2. The molecule has 4 aromatic carbocycles. The zero-order valence-electron chi connectivity index (χ0n) is 24.0. The summed E-state index contributed by atoms with van der Waals surface area (Å²) in [6.45, 7) is 1.48. The van der Waals surface area contributed by atoms with E-state index >= 15 is 0 Å². The minimum Gasteiger partial charge on any atom is -0.494 e. The predicted molar refractivity (Wildman–Crippen MR) is 162 cm³/mol. The van der Waals surface area contributed by atoms with Crippen LogP contribution in [0.15, 0.2) is 91.0 Å². The van der Waals surface area contributed by atoms with Crippen molar-refractivity contribution in [1.82, 2.24) is 0 Å². The minimum atomic E-state index is -5.61. The molecule has 0 bridgehead atoms. The molecule has 0 aliphatic heterocycles. The van der Waals surface area contributed by atoms with E-state index in [9.17, 15) is 31.5 Å². The Balaban J connectivity index is 1.32. The highest BCUT2D eigenvalue weighted by Crippen LogP contribution is 2.38. The van der Waals surface area contributed by atoms with Crippen molar-refractivity contribution in [1.29, 1.82) is 0 Å². The number of ketones is 1. The fourth-order valence-corrected chi connectivity index (χ4v) is 4.42. The Morgan fingerprint density at radius 2 is 1.42 bits per heavy atom. The number of halogens is 5. The van der Waals surface area contributed by atoms with Crippen LogP contribution in [0.4, 0.5) is 33.3 Å². The molecule has 0 heterocycles. The smallest absolute Gasteiger partial charge is 0.453 e. The summed E-state index contributed by atoms with van der Waals surface area (Å²) in [5.41, 5.74) is 16.7. The lowest BCUT2D eigenvalue weighted by Crippen LogP contribution is -2.36. The second-order valence-electron chi connectivity index (χ2n) is 10.2. The van der Waals surface area contributed by atoms with Crippen LogP contribution in [0.25, 0.3) is 17.2 Å². The molecule has 4 aromatic rings. The van der Waals surface area contributed by atoms with E-state index in [1.165, 1.54) is 30.3 Å². The number of carbonyl (C=O) groups is 2. The van der Waals surface area contributed by atoms with E-state index in [4.69, 9.17) is 20.9 Å². The first-order valence-corrected chi connectivity index (χ1v) is 13.7. The molecule has 234 valence electrons. The van der Waals surface area contributed by atoms with Crippen LogP contribution in [0.1, 0.15) is 44.7 Å². The van der Waals surface area contributed by atoms with Crippen LogP contribution in [-0.2, 0) is 0 Å². The first-order chi connectivity index (χ1) is 21.2. The first kappa shape index (κ1) is 32.7. The lowest BCUT2D eigenvalue weighted by atomic mass is 9.93. The molecule has 0 unspecified atom stereocenters. The highest BCUT2D eigenvalue weighted by atomic mass is 19.4. The van der Waals surface area contributed by atoms with Gasteiger partial charge in [0.2, 0.25) is 0 Å². The van der Waals surface area contributed by atoms with Gasteiger partial charge in [0.15, 0.2) is 5.78 Å². The third-order valence-corrected chi connectivity index (χ3v) is 6.89. The van der Waals surface area contributed by atoms with E-state index in [1.807, 2.05) is 25.1 Å². The summed E-state index contributed by atoms with van der Waals surface area (Å²) in [5.74, 6) is -5.30. The lowest BCUT2D eigenvalue weighted by molar-refractivity contribution is -0.284. The molecule has 0 aromatic heterocycles. The van der Waals surface area contributed by atoms with Gasteiger partial charge in [-0.15, -0.1) is 0 Å². The molecule has 0 aliphatic rings. The summed E-state index contributed by atoms with van der Waals surface area (Å²) >= 11 is 0. The number of ether oxygens (including phenoxy) is 2. The van der Waals surface area contributed by atoms with Crippen molar-refractivity contribution in [3.8, 4) is 22.6 Å². The predicted octanol–water partition coefficient (Wildman–Crippen LogP) is 8.30. The third-order valence-electron chi connectivity index (χ3n) is 6.89. The molecular weight excluding hydrogens is 595 g/mol. The summed E-state index contributed by atoms with van der Waals surface area (Å²) in [7, 11) is 0. The van der Waals surface area contributed by atoms with Crippen LogP contribution in [0, 0.1) is 6.92 Å². The third kappa shape index (κ3) is 8.26. The normalized spacial score (nSPS) is 11.9. The maximum atomic E-state index is 13.1. The van der Waals surface area contributed by atoms with Gasteiger partial charge in [-0.25, -0.2) is 4.79 Å². The second-order valence-corrected chi connectivity index (χ2v) is 10.2. The van der Waals surface area contributed by atoms with E-state index in [2.05, 4.69) is 0 Å². The van der Waals surface area contributed by atoms with Gasteiger partial charge in [0.1, 0.15) is 11.5 Å². The van der Waals surface area contributed by atoms with Crippen LogP contribution >= 0.6 is 0 Å². The van der Waals surface area contributed by atoms with Crippen molar-refractivity contribution < 1.29 is 41.0 Å². The highest BCUT2D eigenvalue weighted by Gasteiger charge is 2.56. The molecule has 0 amide bonds. The number of rotatable bonds is 11. The molecule has 0 saturated carbocycles. The van der Waals surface area contributed by atoms with E-state index in [1.54, 1.807) is 48.5 Å². The molecule has 45 heavy (non-hydrogen) atoms. The topological polar surface area (TPSA) is 105 Å². The molecule has 0 radical (unpaired) electrons. The Labute approximate surface area is 256 Å². The molecule has 4 rings (SSSR count). The van der Waals surface area contributed by atoms with Gasteiger partial charge in [0, 0.05) is 23.4 Å². The maximum Gasteiger partial charge on any atom is 0.453 e. The molecule has 0 saturated heterocycles. The van der Waals surface area contributed by atoms with Crippen molar-refractivity contribution in [2.75, 3.05) is 18.1 Å². The summed E-state index contributed by atoms with van der Waals surface area (Å²) in [5, 5.41) is 0. The van der Waals surface area contributed by atoms with Gasteiger partial charge >= 0.3 is 18.1 Å². The molecular formula is C34H29F5N2O4. The van der Waals surface area contributed by atoms with E-state index in [0.717, 1.165) is 16.7 Å². The van der Waals surface area contributed by atoms with Crippen LogP contribution in [0.5, 0.6) is 11.5 Å². The number of esters is 1. The van der Waals surface area contributed by atoms with E-state index < -0.39 is 30.9 Å². The summed E-state index contributed by atoms with van der Waals surface area (Å²) in [6.07, 6.45) is -4.48. The van der Waals surface area contributed by atoms with Crippen LogP contribution in [0.3, 0.4) is 0 Å². The van der Waals surface area contributed by atoms with Crippen molar-refractivity contribution in [3.63, 3.8) is 0 Å². The number of hydrogen-bond acceptors (Lipinski definition) is 6. The first-order valence-electron chi connectivity index (χ1n) is 13.7.